The highest BCUT2D eigenvalue weighted by Gasteiger charge is 2.16. The fourth-order valence-electron chi connectivity index (χ4n) is 1.29. The Kier molecular flexibility index (Phi) is 3.19. The number of nitrogen functional groups attached to an aromatic ring is 1. The Balaban J connectivity index is 2.46. The van der Waals surface area contributed by atoms with Crippen LogP contribution in [0.15, 0.2) is 29.6 Å². The van der Waals surface area contributed by atoms with E-state index in [0.717, 1.165) is 0 Å². The van der Waals surface area contributed by atoms with E-state index in [-0.39, 0.29) is 5.78 Å². The lowest BCUT2D eigenvalue weighted by atomic mass is 10.1. The molecule has 2 N–H and O–H groups in total. The number of hydrogen-bond donors (Lipinski definition) is 1. The molecule has 0 bridgehead atoms. The average Bonchev–Trinajstić information content (AvgIpc) is 2.63. The highest BCUT2D eigenvalue weighted by molar-refractivity contribution is 7.13. The van der Waals surface area contributed by atoms with Crippen LogP contribution in [0.2, 0.25) is 10.0 Å². The third kappa shape index (κ3) is 2.07. The molecule has 1 aromatic carbocycles. The molecule has 1 aromatic heterocycles. The van der Waals surface area contributed by atoms with Gasteiger partial charge in [0.05, 0.1) is 14.9 Å². The summed E-state index contributed by atoms with van der Waals surface area (Å²) in [6, 6.07) is 6.48. The third-order valence-electron chi connectivity index (χ3n) is 2.06. The van der Waals surface area contributed by atoms with Crippen LogP contribution in [0, 0.1) is 0 Å². The number of carbonyl (C=O) groups excluding carboxylic acids is 1. The minimum atomic E-state index is -0.176. The number of ketones is 1. The molecule has 0 atom stereocenters. The minimum absolute atomic E-state index is 0.176. The van der Waals surface area contributed by atoms with E-state index in [9.17, 15) is 4.79 Å². The second-order valence-electron chi connectivity index (χ2n) is 3.17. The van der Waals surface area contributed by atoms with E-state index in [0.29, 0.717) is 26.2 Å². The summed E-state index contributed by atoms with van der Waals surface area (Å²) in [7, 11) is 0. The van der Waals surface area contributed by atoms with Crippen molar-refractivity contribution in [2.45, 2.75) is 0 Å². The first-order valence-electron chi connectivity index (χ1n) is 4.42. The van der Waals surface area contributed by atoms with Gasteiger partial charge in [0, 0.05) is 11.3 Å². The summed E-state index contributed by atoms with van der Waals surface area (Å²) in [5, 5.41) is 2.55. The highest BCUT2D eigenvalue weighted by Crippen LogP contribution is 2.28. The van der Waals surface area contributed by atoms with E-state index < -0.39 is 0 Å². The summed E-state index contributed by atoms with van der Waals surface area (Å²) in [5.41, 5.74) is 6.50. The second-order valence-corrected chi connectivity index (χ2v) is 4.90. The van der Waals surface area contributed by atoms with Gasteiger partial charge in [0.25, 0.3) is 0 Å². The third-order valence-corrected chi connectivity index (χ3v) is 3.71. The summed E-state index contributed by atoms with van der Waals surface area (Å²) in [6.07, 6.45) is 0. The Bertz CT molecular complexity index is 551. The van der Waals surface area contributed by atoms with E-state index in [4.69, 9.17) is 28.9 Å². The van der Waals surface area contributed by atoms with Crippen LogP contribution < -0.4 is 5.73 Å². The zero-order chi connectivity index (χ0) is 11.7. The molecule has 2 aromatic rings. The first-order valence-corrected chi connectivity index (χ1v) is 6.06. The van der Waals surface area contributed by atoms with Gasteiger partial charge in [-0.25, -0.2) is 0 Å². The summed E-state index contributed by atoms with van der Waals surface area (Å²) < 4.78 is 0. The monoisotopic (exact) mass is 271 g/mol. The van der Waals surface area contributed by atoms with Crippen molar-refractivity contribution in [1.82, 2.24) is 0 Å². The standard InChI is InChI=1S/C11H7Cl2NOS/c12-8-3-4-16-11(8)10(15)7-2-1-6(14)5-9(7)13/h1-5H,14H2. The number of thiophene rings is 1. The topological polar surface area (TPSA) is 43.1 Å². The fourth-order valence-corrected chi connectivity index (χ4v) is 2.66. The second kappa shape index (κ2) is 4.45. The molecule has 0 saturated carbocycles. The maximum absolute atomic E-state index is 12.1. The molecular weight excluding hydrogens is 265 g/mol. The lowest BCUT2D eigenvalue weighted by Crippen LogP contribution is -2.01. The van der Waals surface area contributed by atoms with Gasteiger partial charge in [-0.2, -0.15) is 0 Å². The Labute approximate surface area is 107 Å². The first-order chi connectivity index (χ1) is 7.59. The Morgan fingerprint density at radius 3 is 2.50 bits per heavy atom. The van der Waals surface area contributed by atoms with E-state index >= 15 is 0 Å². The first kappa shape index (κ1) is 11.5. The van der Waals surface area contributed by atoms with Crippen LogP contribution in [-0.2, 0) is 0 Å². The number of benzene rings is 1. The maximum atomic E-state index is 12.1. The summed E-state index contributed by atoms with van der Waals surface area (Å²) >= 11 is 13.1. The summed E-state index contributed by atoms with van der Waals surface area (Å²) in [5.74, 6) is -0.176. The number of rotatable bonds is 2. The SMILES string of the molecule is Nc1ccc(C(=O)c2sccc2Cl)c(Cl)c1. The Morgan fingerprint density at radius 1 is 1.19 bits per heavy atom. The number of anilines is 1. The molecule has 16 heavy (non-hydrogen) atoms. The van der Waals surface area contributed by atoms with E-state index in [1.165, 1.54) is 11.3 Å². The van der Waals surface area contributed by atoms with Crippen LogP contribution in [0.4, 0.5) is 5.69 Å². The van der Waals surface area contributed by atoms with Gasteiger partial charge < -0.3 is 5.73 Å². The molecule has 2 rings (SSSR count). The number of carbonyl (C=O) groups is 1. The molecule has 0 saturated heterocycles. The molecule has 0 aliphatic heterocycles. The fraction of sp³-hybridized carbons (Fsp3) is 0. The zero-order valence-electron chi connectivity index (χ0n) is 8.04. The quantitative estimate of drug-likeness (QED) is 0.666. The van der Waals surface area contributed by atoms with Crippen molar-refractivity contribution in [2.75, 3.05) is 5.73 Å². The van der Waals surface area contributed by atoms with Crippen LogP contribution in [0.25, 0.3) is 0 Å². The zero-order valence-corrected chi connectivity index (χ0v) is 10.4. The van der Waals surface area contributed by atoms with Crippen LogP contribution in [0.3, 0.4) is 0 Å². The summed E-state index contributed by atoms with van der Waals surface area (Å²) in [6.45, 7) is 0. The molecular formula is C11H7Cl2NOS. The van der Waals surface area contributed by atoms with Gasteiger partial charge in [0.1, 0.15) is 0 Å². The van der Waals surface area contributed by atoms with Crippen molar-refractivity contribution >= 4 is 46.0 Å². The van der Waals surface area contributed by atoms with Gasteiger partial charge in [-0.15, -0.1) is 11.3 Å². The molecule has 0 fully saturated rings. The van der Waals surface area contributed by atoms with E-state index in [2.05, 4.69) is 0 Å². The van der Waals surface area contributed by atoms with E-state index in [1.807, 2.05) is 0 Å². The molecule has 0 aliphatic carbocycles. The molecule has 82 valence electrons. The highest BCUT2D eigenvalue weighted by atomic mass is 35.5. The van der Waals surface area contributed by atoms with Crippen LogP contribution >= 0.6 is 34.5 Å². The van der Waals surface area contributed by atoms with Gasteiger partial charge in [-0.05, 0) is 29.6 Å². The van der Waals surface area contributed by atoms with Gasteiger partial charge in [-0.1, -0.05) is 23.2 Å². The van der Waals surface area contributed by atoms with Gasteiger partial charge in [0.2, 0.25) is 5.78 Å². The van der Waals surface area contributed by atoms with Crippen molar-refractivity contribution < 1.29 is 4.79 Å². The molecule has 2 nitrogen and oxygen atoms in total. The molecule has 1 heterocycles. The lowest BCUT2D eigenvalue weighted by Gasteiger charge is -2.03. The predicted molar refractivity (Wildman–Crippen MR) is 68.6 cm³/mol. The average molecular weight is 272 g/mol. The molecule has 0 spiro atoms. The van der Waals surface area contributed by atoms with Crippen molar-refractivity contribution in [3.8, 4) is 0 Å². The molecule has 0 amide bonds. The van der Waals surface area contributed by atoms with Crippen molar-refractivity contribution in [3.63, 3.8) is 0 Å². The smallest absolute Gasteiger partial charge is 0.205 e. The molecule has 0 aliphatic rings. The Hall–Kier alpha value is -1.03. The van der Waals surface area contributed by atoms with Crippen molar-refractivity contribution in [3.05, 3.63) is 50.1 Å². The van der Waals surface area contributed by atoms with Crippen LogP contribution in [-0.4, -0.2) is 5.78 Å². The molecule has 0 unspecified atom stereocenters. The van der Waals surface area contributed by atoms with Crippen molar-refractivity contribution in [2.24, 2.45) is 0 Å². The molecule has 5 heteroatoms. The van der Waals surface area contributed by atoms with Gasteiger partial charge in [-0.3, -0.25) is 4.79 Å². The van der Waals surface area contributed by atoms with Crippen LogP contribution in [0.5, 0.6) is 0 Å². The maximum Gasteiger partial charge on any atom is 0.205 e. The molecule has 0 radical (unpaired) electrons. The number of hydrogen-bond acceptors (Lipinski definition) is 3. The predicted octanol–water partition coefficient (Wildman–Crippen LogP) is 3.87. The van der Waals surface area contributed by atoms with E-state index in [1.54, 1.807) is 29.6 Å². The normalized spacial score (nSPS) is 10.4. The largest absolute Gasteiger partial charge is 0.399 e. The number of nitrogens with two attached hydrogens (primary N) is 1. The Morgan fingerprint density at radius 2 is 1.94 bits per heavy atom. The summed E-state index contributed by atoms with van der Waals surface area (Å²) in [4.78, 5) is 12.6. The van der Waals surface area contributed by atoms with Crippen LogP contribution in [0.1, 0.15) is 15.2 Å². The van der Waals surface area contributed by atoms with Crippen molar-refractivity contribution in [1.29, 1.82) is 0 Å². The van der Waals surface area contributed by atoms with Gasteiger partial charge in [0.15, 0.2) is 0 Å². The van der Waals surface area contributed by atoms with Gasteiger partial charge >= 0.3 is 0 Å². The number of halogens is 2. The lowest BCUT2D eigenvalue weighted by molar-refractivity contribution is 0.104. The minimum Gasteiger partial charge on any atom is -0.399 e.